The minimum absolute atomic E-state index is 0.242. The van der Waals surface area contributed by atoms with Crippen molar-refractivity contribution in [3.63, 3.8) is 0 Å². The molecule has 0 atom stereocenters. The van der Waals surface area contributed by atoms with Gasteiger partial charge in [0.2, 0.25) is 16.6 Å². The first-order valence-corrected chi connectivity index (χ1v) is 19.3. The van der Waals surface area contributed by atoms with Crippen molar-refractivity contribution in [3.8, 4) is 11.5 Å². The van der Waals surface area contributed by atoms with E-state index >= 15 is 0 Å². The summed E-state index contributed by atoms with van der Waals surface area (Å²) in [6, 6.07) is 16.5. The Labute approximate surface area is 216 Å². The molecule has 0 fully saturated rings. The van der Waals surface area contributed by atoms with Crippen molar-refractivity contribution in [2.75, 3.05) is 0 Å². The van der Waals surface area contributed by atoms with Gasteiger partial charge >= 0.3 is 0 Å². The lowest BCUT2D eigenvalue weighted by Gasteiger charge is -2.37. The smallest absolute Gasteiger partial charge is 0.250 e. The first-order valence-electron chi connectivity index (χ1n) is 11.2. The Morgan fingerprint density at radius 1 is 0.594 bits per heavy atom. The van der Waals surface area contributed by atoms with Crippen LogP contribution >= 0.6 is 31.9 Å². The third-order valence-corrected chi connectivity index (χ3v) is 16.5. The molecule has 2 aromatic rings. The molecule has 0 saturated carbocycles. The fraction of sp³-hybridized carbons (Fsp3) is 0.538. The van der Waals surface area contributed by atoms with E-state index in [1.54, 1.807) is 0 Å². The molecule has 2 rings (SSSR count). The van der Waals surface area contributed by atoms with E-state index in [-0.39, 0.29) is 10.1 Å². The number of para-hydroxylation sites is 2. The maximum Gasteiger partial charge on any atom is 0.250 e. The molecule has 0 spiro atoms. The molecule has 2 nitrogen and oxygen atoms in total. The predicted molar refractivity (Wildman–Crippen MR) is 154 cm³/mol. The first kappa shape index (κ1) is 29.5. The molecule has 180 valence electrons. The zero-order chi connectivity index (χ0) is 24.8. The molecule has 0 aliphatic carbocycles. The van der Waals surface area contributed by atoms with Gasteiger partial charge in [0.1, 0.15) is 11.5 Å². The zero-order valence-electron chi connectivity index (χ0n) is 21.6. The van der Waals surface area contributed by atoms with E-state index in [1.807, 2.05) is 12.1 Å². The van der Waals surface area contributed by atoms with E-state index in [0.29, 0.717) is 0 Å². The average Bonchev–Trinajstić information content (AvgIpc) is 2.67. The molecule has 32 heavy (non-hydrogen) atoms. The maximum absolute atomic E-state index is 6.30. The van der Waals surface area contributed by atoms with Crippen LogP contribution in [0.4, 0.5) is 0 Å². The summed E-state index contributed by atoms with van der Waals surface area (Å²) in [6.45, 7) is 22.7. The van der Waals surface area contributed by atoms with Gasteiger partial charge in [0.25, 0.3) is 0 Å². The molecule has 2 aromatic carbocycles. The molecule has 0 saturated heterocycles. The Hall–Kier alpha value is -0.566. The lowest BCUT2D eigenvalue weighted by Crippen LogP contribution is -2.44. The second kappa shape index (κ2) is 11.7. The van der Waals surface area contributed by atoms with Crippen LogP contribution in [0.5, 0.6) is 11.5 Å². The summed E-state index contributed by atoms with van der Waals surface area (Å²) in [5.74, 6) is 2.07. The minimum atomic E-state index is -1.71. The van der Waals surface area contributed by atoms with Crippen LogP contribution in [0.15, 0.2) is 48.5 Å². The van der Waals surface area contributed by atoms with Crippen molar-refractivity contribution >= 4 is 48.5 Å². The number of rotatable bonds is 6. The van der Waals surface area contributed by atoms with E-state index in [0.717, 1.165) is 22.2 Å². The topological polar surface area (TPSA) is 18.5 Å². The average molecular weight is 603 g/mol. The number of hydrogen-bond donors (Lipinski definition) is 0. The van der Waals surface area contributed by atoms with Crippen molar-refractivity contribution in [2.45, 2.75) is 88.5 Å². The van der Waals surface area contributed by atoms with Crippen LogP contribution in [0, 0.1) is 0 Å². The fourth-order valence-electron chi connectivity index (χ4n) is 2.28. The van der Waals surface area contributed by atoms with Crippen molar-refractivity contribution in [3.05, 3.63) is 59.7 Å². The Bertz CT molecular complexity index is 782. The molecule has 0 radical (unpaired) electrons. The Balaban J connectivity index is 0.000000320. The van der Waals surface area contributed by atoms with Crippen LogP contribution < -0.4 is 8.85 Å². The van der Waals surface area contributed by atoms with Crippen LogP contribution in [0.25, 0.3) is 0 Å². The van der Waals surface area contributed by atoms with E-state index < -0.39 is 16.6 Å². The Kier molecular flexibility index (Phi) is 10.8. The van der Waals surface area contributed by atoms with Gasteiger partial charge in [-0.15, -0.1) is 0 Å². The summed E-state index contributed by atoms with van der Waals surface area (Å²) in [7, 11) is -3.43. The number of hydrogen-bond acceptors (Lipinski definition) is 2. The van der Waals surface area contributed by atoms with Crippen LogP contribution in [-0.2, 0) is 10.7 Å². The molecular weight excluding hydrogens is 560 g/mol. The third kappa shape index (κ3) is 8.33. The van der Waals surface area contributed by atoms with Gasteiger partial charge in [0.05, 0.1) is 0 Å². The lowest BCUT2D eigenvalue weighted by atomic mass is 10.2. The van der Waals surface area contributed by atoms with Crippen molar-refractivity contribution < 1.29 is 8.85 Å². The summed E-state index contributed by atoms with van der Waals surface area (Å²) < 4.78 is 12.6. The van der Waals surface area contributed by atoms with Gasteiger partial charge in [0.15, 0.2) is 0 Å². The Morgan fingerprint density at radius 3 is 1.12 bits per heavy atom. The van der Waals surface area contributed by atoms with Crippen molar-refractivity contribution in [1.82, 2.24) is 0 Å². The van der Waals surface area contributed by atoms with Gasteiger partial charge in [-0.2, -0.15) is 0 Å². The van der Waals surface area contributed by atoms with E-state index in [4.69, 9.17) is 8.85 Å². The molecule has 0 amide bonds. The predicted octanol–water partition coefficient (Wildman–Crippen LogP) is 9.93. The van der Waals surface area contributed by atoms with Gasteiger partial charge in [-0.1, -0.05) is 110 Å². The van der Waals surface area contributed by atoms with Crippen LogP contribution in [0.2, 0.25) is 36.3 Å². The summed E-state index contributed by atoms with van der Waals surface area (Å²) in [4.78, 5) is 0. The molecule has 0 aliphatic heterocycles. The van der Waals surface area contributed by atoms with Gasteiger partial charge in [0, 0.05) is 21.8 Å². The Morgan fingerprint density at radius 2 is 0.875 bits per heavy atom. The molecular formula is C26H42Br2O2Si2. The van der Waals surface area contributed by atoms with E-state index in [9.17, 15) is 0 Å². The largest absolute Gasteiger partial charge is 0.543 e. The molecule has 6 heteroatoms. The summed E-state index contributed by atoms with van der Waals surface area (Å²) in [6.07, 6.45) is 0. The number of halogens is 2. The zero-order valence-corrected chi connectivity index (χ0v) is 26.8. The third-order valence-electron chi connectivity index (χ3n) is 6.58. The summed E-state index contributed by atoms with van der Waals surface area (Å²) in [5, 5.41) is 2.18. The van der Waals surface area contributed by atoms with Gasteiger partial charge in [-0.05, 0) is 48.4 Å². The van der Waals surface area contributed by atoms with Crippen molar-refractivity contribution in [1.29, 1.82) is 0 Å². The highest BCUT2D eigenvalue weighted by Gasteiger charge is 2.40. The second-order valence-corrected chi connectivity index (χ2v) is 21.8. The van der Waals surface area contributed by atoms with Gasteiger partial charge in [-0.3, -0.25) is 0 Å². The number of alkyl halides is 2. The van der Waals surface area contributed by atoms with Crippen molar-refractivity contribution in [2.24, 2.45) is 0 Å². The highest BCUT2D eigenvalue weighted by molar-refractivity contribution is 9.08. The highest BCUT2D eigenvalue weighted by atomic mass is 79.9. The summed E-state index contributed by atoms with van der Waals surface area (Å²) in [5.41, 5.74) is 2.46. The molecule has 0 bridgehead atoms. The standard InChI is InChI=1S/2C13H21BrOSi/c2*1-13(2,3)16(4,5)15-12-9-7-6-8-11(12)10-14/h2*6-9H,10H2,1-5H3. The lowest BCUT2D eigenvalue weighted by molar-refractivity contribution is 0.489. The summed E-state index contributed by atoms with van der Waals surface area (Å²) >= 11 is 7.00. The van der Waals surface area contributed by atoms with Crippen LogP contribution in [0.1, 0.15) is 52.7 Å². The second-order valence-electron chi connectivity index (χ2n) is 11.2. The van der Waals surface area contributed by atoms with Gasteiger partial charge < -0.3 is 8.85 Å². The SMILES string of the molecule is CC(C)(C)[Si](C)(C)Oc1ccccc1CBr.CC(C)(C)[Si](C)(C)Oc1ccccc1CBr. The molecule has 0 N–H and O–H groups in total. The molecule has 0 aromatic heterocycles. The first-order chi connectivity index (χ1) is 14.6. The highest BCUT2D eigenvalue weighted by Crippen LogP contribution is 2.39. The molecule has 0 heterocycles. The normalized spacial score (nSPS) is 12.6. The maximum atomic E-state index is 6.30. The molecule has 0 aliphatic rings. The number of benzene rings is 2. The van der Waals surface area contributed by atoms with E-state index in [2.05, 4.69) is 136 Å². The van der Waals surface area contributed by atoms with Crippen LogP contribution in [-0.4, -0.2) is 16.6 Å². The molecule has 0 unspecified atom stereocenters. The quantitative estimate of drug-likeness (QED) is 0.242. The van der Waals surface area contributed by atoms with E-state index in [1.165, 1.54) is 11.1 Å². The van der Waals surface area contributed by atoms with Crippen LogP contribution in [0.3, 0.4) is 0 Å². The van der Waals surface area contributed by atoms with Gasteiger partial charge in [-0.25, -0.2) is 0 Å². The minimum Gasteiger partial charge on any atom is -0.543 e. The monoisotopic (exact) mass is 600 g/mol. The fourth-order valence-corrected chi connectivity index (χ4v) is 5.32.